The molecule has 1 fully saturated rings. The third-order valence-electron chi connectivity index (χ3n) is 3.91. The van der Waals surface area contributed by atoms with Crippen LogP contribution in [-0.2, 0) is 4.79 Å². The van der Waals surface area contributed by atoms with Gasteiger partial charge in [0.2, 0.25) is 0 Å². The van der Waals surface area contributed by atoms with Crippen molar-refractivity contribution in [1.82, 2.24) is 9.80 Å². The molecule has 0 aliphatic carbocycles. The molecule has 0 bridgehead atoms. The van der Waals surface area contributed by atoms with Crippen molar-refractivity contribution in [2.75, 3.05) is 26.2 Å². The lowest BCUT2D eigenvalue weighted by molar-refractivity contribution is -0.143. The van der Waals surface area contributed by atoms with E-state index in [-0.39, 0.29) is 5.91 Å². The summed E-state index contributed by atoms with van der Waals surface area (Å²) in [6.45, 7) is 5.94. The Kier molecular flexibility index (Phi) is 5.00. The molecule has 0 radical (unpaired) electrons. The van der Waals surface area contributed by atoms with E-state index in [0.29, 0.717) is 31.7 Å². The van der Waals surface area contributed by atoms with Crippen molar-refractivity contribution >= 4 is 27.8 Å². The molecule has 1 amide bonds. The molecule has 6 heteroatoms. The molecule has 0 spiro atoms. The van der Waals surface area contributed by atoms with Gasteiger partial charge >= 0.3 is 5.97 Å². The van der Waals surface area contributed by atoms with Crippen molar-refractivity contribution in [2.45, 2.75) is 19.9 Å². The lowest BCUT2D eigenvalue weighted by Gasteiger charge is -2.36. The number of carboxylic acid groups (broad SMARTS) is 1. The maximum Gasteiger partial charge on any atom is 0.320 e. The van der Waals surface area contributed by atoms with Crippen LogP contribution >= 0.6 is 15.9 Å². The van der Waals surface area contributed by atoms with Crippen molar-refractivity contribution in [1.29, 1.82) is 0 Å². The average Bonchev–Trinajstić information content (AvgIpc) is 2.48. The summed E-state index contributed by atoms with van der Waals surface area (Å²) < 4.78 is 0.985. The molecular weight excluding hydrogens is 336 g/mol. The van der Waals surface area contributed by atoms with Crippen LogP contribution in [0.1, 0.15) is 22.8 Å². The molecule has 2 rings (SSSR count). The minimum Gasteiger partial charge on any atom is -0.480 e. The van der Waals surface area contributed by atoms with Crippen molar-refractivity contribution in [3.8, 4) is 0 Å². The van der Waals surface area contributed by atoms with Crippen LogP contribution < -0.4 is 0 Å². The van der Waals surface area contributed by atoms with Gasteiger partial charge in [0.1, 0.15) is 6.04 Å². The Bertz CT molecular complexity index is 554. The average molecular weight is 355 g/mol. The highest BCUT2D eigenvalue weighted by Gasteiger charge is 2.27. The minimum atomic E-state index is -0.821. The molecule has 1 aromatic carbocycles. The summed E-state index contributed by atoms with van der Waals surface area (Å²) in [6, 6.07) is 5.06. The van der Waals surface area contributed by atoms with Crippen LogP contribution in [0, 0.1) is 6.92 Å². The van der Waals surface area contributed by atoms with E-state index in [4.69, 9.17) is 5.11 Å². The van der Waals surface area contributed by atoms with E-state index in [1.54, 1.807) is 11.8 Å². The molecule has 0 aromatic heterocycles. The quantitative estimate of drug-likeness (QED) is 0.901. The van der Waals surface area contributed by atoms with Gasteiger partial charge in [0.25, 0.3) is 5.91 Å². The van der Waals surface area contributed by atoms with Gasteiger partial charge in [-0.25, -0.2) is 0 Å². The Hall–Kier alpha value is -1.40. The molecule has 114 valence electrons. The second kappa shape index (κ2) is 6.58. The second-order valence-electron chi connectivity index (χ2n) is 5.31. The third-order valence-corrected chi connectivity index (χ3v) is 4.80. The minimum absolute atomic E-state index is 0.00762. The van der Waals surface area contributed by atoms with Crippen LogP contribution in [0.3, 0.4) is 0 Å². The normalized spacial score (nSPS) is 17.6. The van der Waals surface area contributed by atoms with Crippen LogP contribution in [0.15, 0.2) is 22.7 Å². The number of halogens is 1. The monoisotopic (exact) mass is 354 g/mol. The molecule has 1 saturated heterocycles. The third kappa shape index (κ3) is 3.63. The standard InChI is InChI=1S/C15H19BrN2O3/c1-10-9-12(3-4-13(10)16)14(19)18-7-5-17(6-8-18)11(2)15(20)21/h3-4,9,11H,5-8H2,1-2H3,(H,20,21). The SMILES string of the molecule is Cc1cc(C(=O)N2CCN(C(C)C(=O)O)CC2)ccc1Br. The molecule has 1 aliphatic rings. The molecule has 1 heterocycles. The second-order valence-corrected chi connectivity index (χ2v) is 6.16. The zero-order valence-electron chi connectivity index (χ0n) is 12.2. The van der Waals surface area contributed by atoms with Gasteiger partial charge in [-0.2, -0.15) is 0 Å². The van der Waals surface area contributed by atoms with E-state index in [2.05, 4.69) is 15.9 Å². The number of amides is 1. The Morgan fingerprint density at radius 2 is 1.86 bits per heavy atom. The summed E-state index contributed by atoms with van der Waals surface area (Å²) in [5.74, 6) is -0.813. The van der Waals surface area contributed by atoms with E-state index >= 15 is 0 Å². The number of aryl methyl sites for hydroxylation is 1. The number of benzene rings is 1. The number of hydrogen-bond donors (Lipinski definition) is 1. The summed E-state index contributed by atoms with van der Waals surface area (Å²) in [5, 5.41) is 9.02. The summed E-state index contributed by atoms with van der Waals surface area (Å²) >= 11 is 3.42. The van der Waals surface area contributed by atoms with E-state index in [1.807, 2.05) is 30.0 Å². The van der Waals surface area contributed by atoms with Crippen LogP contribution in [-0.4, -0.2) is 59.0 Å². The lowest BCUT2D eigenvalue weighted by Crippen LogP contribution is -2.53. The molecule has 1 unspecified atom stereocenters. The fourth-order valence-electron chi connectivity index (χ4n) is 2.43. The van der Waals surface area contributed by atoms with Crippen molar-refractivity contribution in [2.24, 2.45) is 0 Å². The smallest absolute Gasteiger partial charge is 0.320 e. The van der Waals surface area contributed by atoms with Crippen molar-refractivity contribution in [3.63, 3.8) is 0 Å². The van der Waals surface area contributed by atoms with Gasteiger partial charge in [-0.1, -0.05) is 15.9 Å². The highest BCUT2D eigenvalue weighted by Crippen LogP contribution is 2.19. The molecule has 5 nitrogen and oxygen atoms in total. The van der Waals surface area contributed by atoms with Gasteiger partial charge in [0.05, 0.1) is 0 Å². The zero-order valence-corrected chi connectivity index (χ0v) is 13.8. The maximum absolute atomic E-state index is 12.4. The first kappa shape index (κ1) is 16.0. The number of carbonyl (C=O) groups is 2. The first-order valence-corrected chi connectivity index (χ1v) is 7.71. The number of hydrogen-bond acceptors (Lipinski definition) is 3. The predicted molar refractivity (Wildman–Crippen MR) is 83.5 cm³/mol. The number of rotatable bonds is 3. The van der Waals surface area contributed by atoms with Gasteiger partial charge < -0.3 is 10.0 Å². The first-order chi connectivity index (χ1) is 9.90. The highest BCUT2D eigenvalue weighted by molar-refractivity contribution is 9.10. The van der Waals surface area contributed by atoms with Gasteiger partial charge in [0, 0.05) is 36.2 Å². The van der Waals surface area contributed by atoms with Gasteiger partial charge in [-0.3, -0.25) is 14.5 Å². The number of nitrogens with zero attached hydrogens (tertiary/aromatic N) is 2. The number of aliphatic carboxylic acids is 1. The molecular formula is C15H19BrN2O3. The Morgan fingerprint density at radius 3 is 2.38 bits per heavy atom. The lowest BCUT2D eigenvalue weighted by atomic mass is 10.1. The van der Waals surface area contributed by atoms with Gasteiger partial charge in [0.15, 0.2) is 0 Å². The van der Waals surface area contributed by atoms with Crippen LogP contribution in [0.4, 0.5) is 0 Å². The van der Waals surface area contributed by atoms with E-state index in [0.717, 1.165) is 10.0 Å². The fraction of sp³-hybridized carbons (Fsp3) is 0.467. The molecule has 1 aliphatic heterocycles. The number of carboxylic acids is 1. The molecule has 1 atom stereocenters. The summed E-state index contributed by atoms with van der Waals surface area (Å²) in [4.78, 5) is 27.1. The predicted octanol–water partition coefficient (Wildman–Crippen LogP) is 1.99. The topological polar surface area (TPSA) is 60.9 Å². The van der Waals surface area contributed by atoms with Crippen molar-refractivity contribution in [3.05, 3.63) is 33.8 Å². The zero-order chi connectivity index (χ0) is 15.6. The van der Waals surface area contributed by atoms with E-state index in [1.165, 1.54) is 0 Å². The Balaban J connectivity index is 2.00. The molecule has 1 aromatic rings. The van der Waals surface area contributed by atoms with Gasteiger partial charge in [-0.15, -0.1) is 0 Å². The summed E-state index contributed by atoms with van der Waals surface area (Å²) in [5.41, 5.74) is 1.70. The summed E-state index contributed by atoms with van der Waals surface area (Å²) in [6.07, 6.45) is 0. The molecule has 0 saturated carbocycles. The van der Waals surface area contributed by atoms with Crippen LogP contribution in [0.2, 0.25) is 0 Å². The maximum atomic E-state index is 12.4. The first-order valence-electron chi connectivity index (χ1n) is 6.92. The van der Waals surface area contributed by atoms with Crippen LogP contribution in [0.25, 0.3) is 0 Å². The van der Waals surface area contributed by atoms with E-state index < -0.39 is 12.0 Å². The fourth-order valence-corrected chi connectivity index (χ4v) is 2.68. The van der Waals surface area contributed by atoms with E-state index in [9.17, 15) is 9.59 Å². The summed E-state index contributed by atoms with van der Waals surface area (Å²) in [7, 11) is 0. The van der Waals surface area contributed by atoms with Crippen molar-refractivity contribution < 1.29 is 14.7 Å². The number of piperazine rings is 1. The van der Waals surface area contributed by atoms with Gasteiger partial charge in [-0.05, 0) is 37.6 Å². The number of carbonyl (C=O) groups excluding carboxylic acids is 1. The highest BCUT2D eigenvalue weighted by atomic mass is 79.9. The Morgan fingerprint density at radius 1 is 1.24 bits per heavy atom. The molecule has 1 N–H and O–H groups in total. The Labute approximate surface area is 132 Å². The largest absolute Gasteiger partial charge is 0.480 e. The molecule has 21 heavy (non-hydrogen) atoms. The van der Waals surface area contributed by atoms with Crippen LogP contribution in [0.5, 0.6) is 0 Å².